The summed E-state index contributed by atoms with van der Waals surface area (Å²) in [6.45, 7) is 2.00. The number of halogens is 2. The monoisotopic (exact) mass is 294 g/mol. The highest BCUT2D eigenvalue weighted by Gasteiger charge is 2.12. The number of carboxylic acids is 1. The first kappa shape index (κ1) is 13.9. The van der Waals surface area contributed by atoms with Crippen molar-refractivity contribution in [1.29, 1.82) is 0 Å². The van der Waals surface area contributed by atoms with Crippen LogP contribution in [0.5, 0.6) is 0 Å². The lowest BCUT2D eigenvalue weighted by molar-refractivity contribution is 0.0697. The Bertz CT molecular complexity index is 623. The Morgan fingerprint density at radius 3 is 2.37 bits per heavy atom. The molecule has 0 aromatic heterocycles. The van der Waals surface area contributed by atoms with Gasteiger partial charge in [0.05, 0.1) is 15.6 Å². The van der Waals surface area contributed by atoms with Crippen molar-refractivity contribution in [2.45, 2.75) is 12.8 Å². The molecule has 1 N–H and O–H groups in total. The minimum atomic E-state index is -0.928. The second kappa shape index (κ2) is 5.64. The van der Waals surface area contributed by atoms with Crippen LogP contribution in [0.2, 0.25) is 10.0 Å². The summed E-state index contributed by atoms with van der Waals surface area (Å²) < 4.78 is 0. The Hall–Kier alpha value is -1.51. The van der Waals surface area contributed by atoms with Gasteiger partial charge in [-0.3, -0.25) is 0 Å². The van der Waals surface area contributed by atoms with Gasteiger partial charge in [-0.2, -0.15) is 0 Å². The SMILES string of the molecule is CC(c1cccc(C(=O)O)c1)c1ccc(Cl)c(Cl)c1. The Kier molecular flexibility index (Phi) is 4.13. The van der Waals surface area contributed by atoms with Crippen LogP contribution in [-0.2, 0) is 0 Å². The molecule has 0 radical (unpaired) electrons. The van der Waals surface area contributed by atoms with Crippen molar-refractivity contribution in [3.63, 3.8) is 0 Å². The lowest BCUT2D eigenvalue weighted by Crippen LogP contribution is -2.01. The average molecular weight is 295 g/mol. The zero-order valence-electron chi connectivity index (χ0n) is 10.2. The van der Waals surface area contributed by atoms with E-state index < -0.39 is 5.97 Å². The molecule has 2 aromatic carbocycles. The standard InChI is InChI=1S/C15H12Cl2O2/c1-9(11-5-6-13(16)14(17)8-11)10-3-2-4-12(7-10)15(18)19/h2-9H,1H3,(H,18,19). The van der Waals surface area contributed by atoms with Gasteiger partial charge in [-0.25, -0.2) is 4.79 Å². The Labute approximate surface area is 121 Å². The van der Waals surface area contributed by atoms with Crippen molar-refractivity contribution in [2.24, 2.45) is 0 Å². The predicted octanol–water partition coefficient (Wildman–Crippen LogP) is 4.84. The summed E-state index contributed by atoms with van der Waals surface area (Å²) in [5, 5.41) is 10.0. The first-order chi connectivity index (χ1) is 8.99. The van der Waals surface area contributed by atoms with Crippen LogP contribution in [0.15, 0.2) is 42.5 Å². The molecule has 0 heterocycles. The lowest BCUT2D eigenvalue weighted by Gasteiger charge is -2.13. The van der Waals surface area contributed by atoms with E-state index in [-0.39, 0.29) is 11.5 Å². The van der Waals surface area contributed by atoms with Gasteiger partial charge in [-0.05, 0) is 35.4 Å². The van der Waals surface area contributed by atoms with Crippen LogP contribution in [0.3, 0.4) is 0 Å². The molecule has 0 aliphatic rings. The maximum Gasteiger partial charge on any atom is 0.335 e. The molecule has 0 bridgehead atoms. The number of rotatable bonds is 3. The molecule has 98 valence electrons. The topological polar surface area (TPSA) is 37.3 Å². The number of aromatic carboxylic acids is 1. The quantitative estimate of drug-likeness (QED) is 0.879. The molecule has 0 amide bonds. The Morgan fingerprint density at radius 1 is 1.05 bits per heavy atom. The van der Waals surface area contributed by atoms with Gasteiger partial charge in [0.25, 0.3) is 0 Å². The molecule has 4 heteroatoms. The highest BCUT2D eigenvalue weighted by atomic mass is 35.5. The van der Waals surface area contributed by atoms with Gasteiger partial charge in [-0.1, -0.05) is 48.3 Å². The van der Waals surface area contributed by atoms with E-state index in [2.05, 4.69) is 0 Å². The third-order valence-electron chi connectivity index (χ3n) is 3.08. The summed E-state index contributed by atoms with van der Waals surface area (Å²) in [6.07, 6.45) is 0. The third-order valence-corrected chi connectivity index (χ3v) is 3.82. The van der Waals surface area contributed by atoms with E-state index in [1.54, 1.807) is 24.3 Å². The second-order valence-corrected chi connectivity index (χ2v) is 5.14. The number of hydrogen-bond acceptors (Lipinski definition) is 1. The number of carboxylic acid groups (broad SMARTS) is 1. The molecule has 2 rings (SSSR count). The van der Waals surface area contributed by atoms with Crippen LogP contribution in [0, 0.1) is 0 Å². The number of hydrogen-bond donors (Lipinski definition) is 1. The third kappa shape index (κ3) is 3.09. The van der Waals surface area contributed by atoms with Gasteiger partial charge in [0.1, 0.15) is 0 Å². The van der Waals surface area contributed by atoms with E-state index in [1.165, 1.54) is 0 Å². The van der Waals surface area contributed by atoms with Crippen molar-refractivity contribution in [3.8, 4) is 0 Å². The molecule has 1 atom stereocenters. The van der Waals surface area contributed by atoms with Gasteiger partial charge >= 0.3 is 5.97 Å². The first-order valence-corrected chi connectivity index (χ1v) is 6.53. The molecule has 0 saturated heterocycles. The van der Waals surface area contributed by atoms with E-state index in [4.69, 9.17) is 28.3 Å². The molecule has 0 aliphatic carbocycles. The van der Waals surface area contributed by atoms with E-state index in [0.29, 0.717) is 10.0 Å². The highest BCUT2D eigenvalue weighted by molar-refractivity contribution is 6.42. The average Bonchev–Trinajstić information content (AvgIpc) is 2.41. The summed E-state index contributed by atoms with van der Waals surface area (Å²) in [5.41, 5.74) is 2.21. The fourth-order valence-electron chi connectivity index (χ4n) is 1.92. The summed E-state index contributed by atoms with van der Waals surface area (Å²) >= 11 is 11.9. The maximum absolute atomic E-state index is 11.0. The maximum atomic E-state index is 11.0. The molecule has 2 aromatic rings. The Balaban J connectivity index is 2.37. The van der Waals surface area contributed by atoms with Crippen LogP contribution in [-0.4, -0.2) is 11.1 Å². The Morgan fingerprint density at radius 2 is 1.74 bits per heavy atom. The number of carbonyl (C=O) groups is 1. The summed E-state index contributed by atoms with van der Waals surface area (Å²) in [5.74, 6) is -0.878. The molecular formula is C15H12Cl2O2. The summed E-state index contributed by atoms with van der Waals surface area (Å²) in [7, 11) is 0. The van der Waals surface area contributed by atoms with Gasteiger partial charge in [0, 0.05) is 5.92 Å². The second-order valence-electron chi connectivity index (χ2n) is 4.33. The van der Waals surface area contributed by atoms with Crippen LogP contribution in [0.25, 0.3) is 0 Å². The van der Waals surface area contributed by atoms with Gasteiger partial charge < -0.3 is 5.11 Å². The molecule has 1 unspecified atom stereocenters. The fourth-order valence-corrected chi connectivity index (χ4v) is 2.22. The predicted molar refractivity (Wildman–Crippen MR) is 77.4 cm³/mol. The molecular weight excluding hydrogens is 283 g/mol. The van der Waals surface area contributed by atoms with E-state index in [9.17, 15) is 4.79 Å². The van der Waals surface area contributed by atoms with Crippen LogP contribution in [0.4, 0.5) is 0 Å². The lowest BCUT2D eigenvalue weighted by atomic mass is 9.92. The molecule has 0 spiro atoms. The number of benzene rings is 2. The van der Waals surface area contributed by atoms with Gasteiger partial charge in [-0.15, -0.1) is 0 Å². The van der Waals surface area contributed by atoms with E-state index in [0.717, 1.165) is 11.1 Å². The van der Waals surface area contributed by atoms with Crippen molar-refractivity contribution in [2.75, 3.05) is 0 Å². The zero-order valence-corrected chi connectivity index (χ0v) is 11.7. The molecule has 0 aliphatic heterocycles. The highest BCUT2D eigenvalue weighted by Crippen LogP contribution is 2.30. The normalized spacial score (nSPS) is 12.2. The van der Waals surface area contributed by atoms with Crippen molar-refractivity contribution in [1.82, 2.24) is 0 Å². The van der Waals surface area contributed by atoms with E-state index in [1.807, 2.05) is 25.1 Å². The summed E-state index contributed by atoms with van der Waals surface area (Å²) in [6, 6.07) is 12.3. The smallest absolute Gasteiger partial charge is 0.335 e. The largest absolute Gasteiger partial charge is 0.478 e. The zero-order chi connectivity index (χ0) is 14.0. The minimum Gasteiger partial charge on any atom is -0.478 e. The first-order valence-electron chi connectivity index (χ1n) is 5.77. The summed E-state index contributed by atoms with van der Waals surface area (Å²) in [4.78, 5) is 11.0. The van der Waals surface area contributed by atoms with Gasteiger partial charge in [0.2, 0.25) is 0 Å². The van der Waals surface area contributed by atoms with Crippen LogP contribution in [0.1, 0.15) is 34.3 Å². The van der Waals surface area contributed by atoms with Crippen molar-refractivity contribution < 1.29 is 9.90 Å². The minimum absolute atomic E-state index is 0.0501. The van der Waals surface area contributed by atoms with Gasteiger partial charge in [0.15, 0.2) is 0 Å². The van der Waals surface area contributed by atoms with Crippen LogP contribution < -0.4 is 0 Å². The molecule has 0 saturated carbocycles. The van der Waals surface area contributed by atoms with Crippen LogP contribution >= 0.6 is 23.2 Å². The molecule has 2 nitrogen and oxygen atoms in total. The van der Waals surface area contributed by atoms with Crippen molar-refractivity contribution in [3.05, 3.63) is 69.2 Å². The van der Waals surface area contributed by atoms with E-state index >= 15 is 0 Å². The fraction of sp³-hybridized carbons (Fsp3) is 0.133. The molecule has 0 fully saturated rings. The molecule has 19 heavy (non-hydrogen) atoms. The van der Waals surface area contributed by atoms with Crippen molar-refractivity contribution >= 4 is 29.2 Å².